The van der Waals surface area contributed by atoms with E-state index in [-0.39, 0.29) is 17.0 Å². The number of anilines is 1. The van der Waals surface area contributed by atoms with Crippen LogP contribution in [0.1, 0.15) is 58.8 Å². The Morgan fingerprint density at radius 3 is 2.38 bits per heavy atom. The lowest BCUT2D eigenvalue weighted by Gasteiger charge is -2.41. The Bertz CT molecular complexity index is 536. The minimum Gasteiger partial charge on any atom is -0.530 e. The van der Waals surface area contributed by atoms with E-state index >= 15 is 0 Å². The number of unbranched alkanes of at least 4 members (excludes halogenated alkanes) is 2. The average Bonchev–Trinajstić information content (AvgIpc) is 2.68. The number of nitrogens with zero attached hydrogens (tertiary/aromatic N) is 1. The van der Waals surface area contributed by atoms with Gasteiger partial charge in [0, 0.05) is 0 Å². The molecule has 0 aromatic heterocycles. The van der Waals surface area contributed by atoms with E-state index < -0.39 is 6.09 Å². The van der Waals surface area contributed by atoms with Crippen LogP contribution in [-0.2, 0) is 0 Å². The van der Waals surface area contributed by atoms with Gasteiger partial charge >= 0.3 is 0 Å². The Morgan fingerprint density at radius 1 is 1.10 bits per heavy atom. The summed E-state index contributed by atoms with van der Waals surface area (Å²) in [5, 5.41) is 21.6. The molecule has 0 saturated carbocycles. The second-order valence-corrected chi connectivity index (χ2v) is 7.48. The Balaban J connectivity index is 0.000000542. The highest BCUT2D eigenvalue weighted by Crippen LogP contribution is 2.23. The highest BCUT2D eigenvalue weighted by molar-refractivity contribution is 8.93. The van der Waals surface area contributed by atoms with Crippen molar-refractivity contribution in [2.24, 2.45) is 0 Å². The molecule has 1 amide bonds. The number of carboxylic acid groups (broad SMARTS) is 1. The molecule has 0 atom stereocenters. The second-order valence-electron chi connectivity index (χ2n) is 7.48. The van der Waals surface area contributed by atoms with Crippen LogP contribution in [0, 0.1) is 0 Å². The first kappa shape index (κ1) is 27.7. The Labute approximate surface area is 186 Å². The van der Waals surface area contributed by atoms with Crippen LogP contribution in [0.2, 0.25) is 0 Å². The summed E-state index contributed by atoms with van der Waals surface area (Å²) in [6, 6.07) is 6.92. The number of para-hydroxylation sites is 2. The topological polar surface area (TPSA) is 81.6 Å². The first-order valence-electron chi connectivity index (χ1n) is 10.7. The minimum absolute atomic E-state index is 0. The van der Waals surface area contributed by atoms with Crippen molar-refractivity contribution in [3.63, 3.8) is 0 Å². The predicted octanol–water partition coefficient (Wildman–Crippen LogP) is 3.98. The van der Waals surface area contributed by atoms with Crippen LogP contribution in [0.5, 0.6) is 5.75 Å². The number of benzene rings is 1. The Morgan fingerprint density at radius 2 is 1.79 bits per heavy atom. The molecular weight excluding hydrogens is 436 g/mol. The first-order chi connectivity index (χ1) is 13.6. The van der Waals surface area contributed by atoms with E-state index in [9.17, 15) is 9.90 Å². The number of halogens is 1. The summed E-state index contributed by atoms with van der Waals surface area (Å²) in [4.78, 5) is 10.4. The van der Waals surface area contributed by atoms with E-state index in [1.54, 1.807) is 24.3 Å². The van der Waals surface area contributed by atoms with Gasteiger partial charge in [-0.1, -0.05) is 38.8 Å². The lowest BCUT2D eigenvalue weighted by molar-refractivity contribution is -0.932. The van der Waals surface area contributed by atoms with E-state index in [0.717, 1.165) is 25.8 Å². The van der Waals surface area contributed by atoms with Crippen molar-refractivity contribution in [3.8, 4) is 5.75 Å². The number of nitrogens with one attached hydrogen (secondary N) is 1. The number of rotatable bonds is 10. The fourth-order valence-corrected chi connectivity index (χ4v) is 3.77. The normalized spacial score (nSPS) is 14.7. The SMILES string of the molecule is Br.CCCCCOc1ccccc1NC(=O)[O-].CCC[N+]1(CCO)CCCCC1. The number of hydrogen-bond donors (Lipinski definition) is 2. The van der Waals surface area contributed by atoms with Gasteiger partial charge in [0.15, 0.2) is 0 Å². The van der Waals surface area contributed by atoms with Crippen molar-refractivity contribution >= 4 is 28.8 Å². The molecule has 0 aliphatic carbocycles. The third-order valence-corrected chi connectivity index (χ3v) is 5.17. The van der Waals surface area contributed by atoms with Gasteiger partial charge < -0.3 is 29.5 Å². The zero-order valence-corrected chi connectivity index (χ0v) is 19.7. The molecule has 168 valence electrons. The van der Waals surface area contributed by atoms with Crippen molar-refractivity contribution in [2.75, 3.05) is 44.7 Å². The summed E-state index contributed by atoms with van der Waals surface area (Å²) in [6.07, 6.45) is 7.24. The molecule has 1 heterocycles. The fourth-order valence-electron chi connectivity index (χ4n) is 3.77. The molecule has 1 aromatic rings. The van der Waals surface area contributed by atoms with Gasteiger partial charge in [0.25, 0.3) is 0 Å². The van der Waals surface area contributed by atoms with Gasteiger partial charge in [0.1, 0.15) is 18.4 Å². The van der Waals surface area contributed by atoms with Crippen LogP contribution in [0.15, 0.2) is 24.3 Å². The van der Waals surface area contributed by atoms with Gasteiger partial charge in [-0.05, 0) is 44.2 Å². The molecule has 1 fully saturated rings. The number of piperidine rings is 1. The molecule has 0 bridgehead atoms. The third-order valence-electron chi connectivity index (χ3n) is 5.17. The van der Waals surface area contributed by atoms with E-state index in [1.165, 1.54) is 49.8 Å². The minimum atomic E-state index is -1.33. The molecule has 1 aliphatic heterocycles. The van der Waals surface area contributed by atoms with E-state index in [2.05, 4.69) is 19.2 Å². The van der Waals surface area contributed by atoms with Crippen LogP contribution < -0.4 is 15.2 Å². The quantitative estimate of drug-likeness (QED) is 0.396. The van der Waals surface area contributed by atoms with Gasteiger partial charge in [-0.3, -0.25) is 0 Å². The molecule has 7 heteroatoms. The predicted molar refractivity (Wildman–Crippen MR) is 122 cm³/mol. The third kappa shape index (κ3) is 11.5. The van der Waals surface area contributed by atoms with E-state index in [0.29, 0.717) is 24.7 Å². The molecule has 1 aliphatic rings. The van der Waals surface area contributed by atoms with Crippen LogP contribution in [-0.4, -0.2) is 55.1 Å². The average molecular weight is 475 g/mol. The summed E-state index contributed by atoms with van der Waals surface area (Å²) in [5.74, 6) is 0.544. The summed E-state index contributed by atoms with van der Waals surface area (Å²) in [5.41, 5.74) is 0.430. The lowest BCUT2D eigenvalue weighted by atomic mass is 10.1. The highest BCUT2D eigenvalue weighted by atomic mass is 79.9. The molecular formula is C22H39BrN2O4. The number of aliphatic hydroxyl groups excluding tert-OH is 1. The highest BCUT2D eigenvalue weighted by Gasteiger charge is 2.27. The van der Waals surface area contributed by atoms with Crippen LogP contribution in [0.3, 0.4) is 0 Å². The maximum absolute atomic E-state index is 10.4. The van der Waals surface area contributed by atoms with Gasteiger partial charge in [-0.25, -0.2) is 0 Å². The molecule has 1 saturated heterocycles. The number of carbonyl (C=O) groups is 1. The maximum atomic E-state index is 10.4. The lowest BCUT2D eigenvalue weighted by Crippen LogP contribution is -2.53. The van der Waals surface area contributed by atoms with Crippen molar-refractivity contribution in [1.29, 1.82) is 0 Å². The van der Waals surface area contributed by atoms with Crippen molar-refractivity contribution in [3.05, 3.63) is 24.3 Å². The Kier molecular flexibility index (Phi) is 15.7. The molecule has 0 radical (unpaired) electrons. The molecule has 29 heavy (non-hydrogen) atoms. The maximum Gasteiger partial charge on any atom is 0.142 e. The van der Waals surface area contributed by atoms with Crippen LogP contribution in [0.4, 0.5) is 10.5 Å². The van der Waals surface area contributed by atoms with Gasteiger partial charge in [0.05, 0.1) is 38.5 Å². The van der Waals surface area contributed by atoms with Crippen molar-refractivity contribution in [1.82, 2.24) is 0 Å². The first-order valence-corrected chi connectivity index (χ1v) is 10.7. The number of ether oxygens (including phenoxy) is 1. The standard InChI is InChI=1S/C12H17NO3.C10H22NO.BrH/c1-2-3-6-9-16-11-8-5-4-7-10(11)13-12(14)15;1-2-6-11(9-10-12)7-4-3-5-8-11;/h4-5,7-8,13H,2-3,6,9H2,1H3,(H,14,15);12H,2-10H2,1H3;1H/q;+1;/p-1. The molecule has 0 unspecified atom stereocenters. The van der Waals surface area contributed by atoms with Gasteiger partial charge in [-0.15, -0.1) is 17.0 Å². The molecule has 1 aromatic carbocycles. The smallest absolute Gasteiger partial charge is 0.142 e. The van der Waals surface area contributed by atoms with Crippen LogP contribution >= 0.6 is 17.0 Å². The van der Waals surface area contributed by atoms with Crippen LogP contribution in [0.25, 0.3) is 0 Å². The monoisotopic (exact) mass is 474 g/mol. The Hall–Kier alpha value is -1.31. The fraction of sp³-hybridized carbons (Fsp3) is 0.682. The zero-order valence-electron chi connectivity index (χ0n) is 18.0. The molecule has 2 rings (SSSR count). The molecule has 2 N–H and O–H groups in total. The van der Waals surface area contributed by atoms with E-state index in [1.807, 2.05) is 0 Å². The largest absolute Gasteiger partial charge is 0.530 e. The number of quaternary nitrogens is 1. The summed E-state index contributed by atoms with van der Waals surface area (Å²) in [6.45, 7) is 10.2. The number of aliphatic hydroxyl groups is 1. The number of amides is 1. The second kappa shape index (κ2) is 16.5. The number of hydrogen-bond acceptors (Lipinski definition) is 4. The molecule has 6 nitrogen and oxygen atoms in total. The van der Waals surface area contributed by atoms with Gasteiger partial charge in [-0.2, -0.15) is 0 Å². The molecule has 0 spiro atoms. The zero-order chi connectivity index (χ0) is 20.7. The van der Waals surface area contributed by atoms with Crippen molar-refractivity contribution in [2.45, 2.75) is 58.8 Å². The van der Waals surface area contributed by atoms with Gasteiger partial charge in [0.2, 0.25) is 0 Å². The summed E-state index contributed by atoms with van der Waals surface area (Å²) >= 11 is 0. The van der Waals surface area contributed by atoms with Crippen molar-refractivity contribution < 1.29 is 24.2 Å². The van der Waals surface area contributed by atoms with E-state index in [4.69, 9.17) is 9.84 Å². The number of carbonyl (C=O) groups excluding carboxylic acids is 1. The summed E-state index contributed by atoms with van der Waals surface area (Å²) in [7, 11) is 0. The number of likely N-dealkylation sites (tertiary alicyclic amines) is 1. The summed E-state index contributed by atoms with van der Waals surface area (Å²) < 4.78 is 6.67.